The van der Waals surface area contributed by atoms with Crippen molar-refractivity contribution in [3.05, 3.63) is 59.7 Å². The molecule has 130 valence electrons. The summed E-state index contributed by atoms with van der Waals surface area (Å²) < 4.78 is 5.47. The van der Waals surface area contributed by atoms with Crippen molar-refractivity contribution < 1.29 is 19.4 Å². The highest BCUT2D eigenvalue weighted by atomic mass is 16.5. The number of hydrogen-bond acceptors (Lipinski definition) is 4. The molecule has 0 radical (unpaired) electrons. The fourth-order valence-electron chi connectivity index (χ4n) is 2.68. The van der Waals surface area contributed by atoms with Crippen LogP contribution in [0.1, 0.15) is 33.6 Å². The van der Waals surface area contributed by atoms with Crippen LogP contribution in [0, 0.1) is 0 Å². The first-order valence-electron chi connectivity index (χ1n) is 8.22. The van der Waals surface area contributed by atoms with Crippen LogP contribution in [0.4, 0.5) is 5.69 Å². The standard InChI is InChI=1S/C19H20N2O4/c22-17-6-2-1-5-16(17)19(24)21-14-9-7-13(8-10-14)18(23)20-12-15-4-3-11-25-15/h1-2,5-10,15,22H,3-4,11-12H2,(H,20,23)(H,21,24)/t15-/m1/s1. The molecule has 0 bridgehead atoms. The van der Waals surface area contributed by atoms with E-state index >= 15 is 0 Å². The van der Waals surface area contributed by atoms with Gasteiger partial charge in [-0.05, 0) is 49.2 Å². The summed E-state index contributed by atoms with van der Waals surface area (Å²) in [5.41, 5.74) is 1.25. The summed E-state index contributed by atoms with van der Waals surface area (Å²) in [6, 6.07) is 12.9. The zero-order valence-electron chi connectivity index (χ0n) is 13.7. The summed E-state index contributed by atoms with van der Waals surface area (Å²) in [6.07, 6.45) is 2.10. The van der Waals surface area contributed by atoms with Gasteiger partial charge in [0.25, 0.3) is 11.8 Å². The highest BCUT2D eigenvalue weighted by molar-refractivity contribution is 6.06. The maximum Gasteiger partial charge on any atom is 0.259 e. The van der Waals surface area contributed by atoms with E-state index in [0.717, 1.165) is 19.4 Å². The van der Waals surface area contributed by atoms with Crippen molar-refractivity contribution >= 4 is 17.5 Å². The van der Waals surface area contributed by atoms with Gasteiger partial charge in [-0.3, -0.25) is 9.59 Å². The molecular weight excluding hydrogens is 320 g/mol. The highest BCUT2D eigenvalue weighted by Crippen LogP contribution is 2.18. The molecule has 1 heterocycles. The maximum absolute atomic E-state index is 12.1. The van der Waals surface area contributed by atoms with Gasteiger partial charge < -0.3 is 20.5 Å². The molecule has 2 aromatic rings. The Morgan fingerprint density at radius 2 is 1.84 bits per heavy atom. The third kappa shape index (κ3) is 4.36. The van der Waals surface area contributed by atoms with Crippen molar-refractivity contribution in [2.45, 2.75) is 18.9 Å². The molecule has 0 aromatic heterocycles. The monoisotopic (exact) mass is 340 g/mol. The molecule has 1 saturated heterocycles. The van der Waals surface area contributed by atoms with Gasteiger partial charge in [-0.25, -0.2) is 0 Å². The normalized spacial score (nSPS) is 16.4. The Hall–Kier alpha value is -2.86. The van der Waals surface area contributed by atoms with Crippen molar-refractivity contribution in [2.24, 2.45) is 0 Å². The van der Waals surface area contributed by atoms with Crippen LogP contribution >= 0.6 is 0 Å². The molecule has 1 aliphatic heterocycles. The van der Waals surface area contributed by atoms with Gasteiger partial charge in [0.2, 0.25) is 0 Å². The van der Waals surface area contributed by atoms with E-state index in [1.807, 2.05) is 0 Å². The first-order chi connectivity index (χ1) is 12.1. The minimum atomic E-state index is -0.409. The Morgan fingerprint density at radius 3 is 2.52 bits per heavy atom. The molecule has 0 saturated carbocycles. The predicted molar refractivity (Wildman–Crippen MR) is 93.8 cm³/mol. The van der Waals surface area contributed by atoms with Crippen molar-refractivity contribution in [3.8, 4) is 5.75 Å². The Balaban J connectivity index is 1.57. The van der Waals surface area contributed by atoms with Crippen LogP contribution in [0.3, 0.4) is 0 Å². The van der Waals surface area contributed by atoms with Gasteiger partial charge in [0.1, 0.15) is 5.75 Å². The number of phenols is 1. The van der Waals surface area contributed by atoms with Crippen LogP contribution in [-0.2, 0) is 4.74 Å². The van der Waals surface area contributed by atoms with E-state index in [2.05, 4.69) is 10.6 Å². The van der Waals surface area contributed by atoms with E-state index in [9.17, 15) is 14.7 Å². The molecule has 2 aromatic carbocycles. The van der Waals surface area contributed by atoms with E-state index in [-0.39, 0.29) is 23.3 Å². The van der Waals surface area contributed by atoms with Gasteiger partial charge in [0.05, 0.1) is 11.7 Å². The summed E-state index contributed by atoms with van der Waals surface area (Å²) in [4.78, 5) is 24.3. The Bertz CT molecular complexity index is 752. The third-order valence-electron chi connectivity index (χ3n) is 4.07. The number of benzene rings is 2. The molecule has 1 fully saturated rings. The number of phenolic OH excluding ortho intramolecular Hbond substituents is 1. The molecule has 0 unspecified atom stereocenters. The molecule has 25 heavy (non-hydrogen) atoms. The van der Waals surface area contributed by atoms with Crippen LogP contribution in [0.15, 0.2) is 48.5 Å². The second-order valence-electron chi connectivity index (χ2n) is 5.89. The van der Waals surface area contributed by atoms with E-state index in [0.29, 0.717) is 17.8 Å². The largest absolute Gasteiger partial charge is 0.507 e. The van der Waals surface area contributed by atoms with E-state index in [1.54, 1.807) is 36.4 Å². The quantitative estimate of drug-likeness (QED) is 0.780. The van der Waals surface area contributed by atoms with Crippen LogP contribution in [0.25, 0.3) is 0 Å². The first kappa shape index (κ1) is 17.0. The van der Waals surface area contributed by atoms with Gasteiger partial charge >= 0.3 is 0 Å². The molecule has 0 aliphatic carbocycles. The van der Waals surface area contributed by atoms with Gasteiger partial charge in [-0.1, -0.05) is 12.1 Å². The lowest BCUT2D eigenvalue weighted by atomic mass is 10.1. The molecular formula is C19H20N2O4. The SMILES string of the molecule is O=C(NC[C@H]1CCCO1)c1ccc(NC(=O)c2ccccc2O)cc1. The average Bonchev–Trinajstić information content (AvgIpc) is 3.14. The predicted octanol–water partition coefficient (Wildman–Crippen LogP) is 2.55. The van der Waals surface area contributed by atoms with Gasteiger partial charge in [-0.15, -0.1) is 0 Å². The number of rotatable bonds is 5. The molecule has 3 rings (SSSR count). The Labute approximate surface area is 145 Å². The van der Waals surface area contributed by atoms with Crippen LogP contribution in [0.2, 0.25) is 0 Å². The number of para-hydroxylation sites is 1. The summed E-state index contributed by atoms with van der Waals surface area (Å²) in [5, 5.41) is 15.2. The number of hydrogen-bond donors (Lipinski definition) is 3. The number of nitrogens with one attached hydrogen (secondary N) is 2. The number of carbonyl (C=O) groups is 2. The molecule has 2 amide bonds. The number of aromatic hydroxyl groups is 1. The second-order valence-corrected chi connectivity index (χ2v) is 5.89. The molecule has 3 N–H and O–H groups in total. The topological polar surface area (TPSA) is 87.7 Å². The van der Waals surface area contributed by atoms with Gasteiger partial charge in [0, 0.05) is 24.4 Å². The average molecular weight is 340 g/mol. The maximum atomic E-state index is 12.1. The summed E-state index contributed by atoms with van der Waals surface area (Å²) in [6.45, 7) is 1.26. The molecule has 1 atom stereocenters. The van der Waals surface area contributed by atoms with Crippen LogP contribution < -0.4 is 10.6 Å². The minimum absolute atomic E-state index is 0.0786. The van der Waals surface area contributed by atoms with Gasteiger partial charge in [0.15, 0.2) is 0 Å². The Morgan fingerprint density at radius 1 is 1.08 bits per heavy atom. The van der Waals surface area contributed by atoms with E-state index in [1.165, 1.54) is 12.1 Å². The summed E-state index contributed by atoms with van der Waals surface area (Å²) >= 11 is 0. The Kier molecular flexibility index (Phi) is 5.30. The number of amides is 2. The lowest BCUT2D eigenvalue weighted by Crippen LogP contribution is -2.31. The van der Waals surface area contributed by atoms with E-state index in [4.69, 9.17) is 4.74 Å². The zero-order valence-corrected chi connectivity index (χ0v) is 13.7. The second kappa shape index (κ2) is 7.81. The smallest absolute Gasteiger partial charge is 0.259 e. The zero-order chi connectivity index (χ0) is 17.6. The third-order valence-corrected chi connectivity index (χ3v) is 4.07. The molecule has 6 heteroatoms. The fraction of sp³-hybridized carbons (Fsp3) is 0.263. The van der Waals surface area contributed by atoms with Crippen molar-refractivity contribution in [2.75, 3.05) is 18.5 Å². The molecule has 0 spiro atoms. The van der Waals surface area contributed by atoms with Gasteiger partial charge in [-0.2, -0.15) is 0 Å². The van der Waals surface area contributed by atoms with Crippen LogP contribution in [-0.4, -0.2) is 36.2 Å². The first-order valence-corrected chi connectivity index (χ1v) is 8.22. The number of carbonyl (C=O) groups excluding carboxylic acids is 2. The van der Waals surface area contributed by atoms with Crippen molar-refractivity contribution in [1.82, 2.24) is 5.32 Å². The summed E-state index contributed by atoms with van der Waals surface area (Å²) in [5.74, 6) is -0.659. The highest BCUT2D eigenvalue weighted by Gasteiger charge is 2.17. The van der Waals surface area contributed by atoms with E-state index < -0.39 is 5.91 Å². The number of ether oxygens (including phenoxy) is 1. The molecule has 1 aliphatic rings. The number of anilines is 1. The van der Waals surface area contributed by atoms with Crippen molar-refractivity contribution in [3.63, 3.8) is 0 Å². The summed E-state index contributed by atoms with van der Waals surface area (Å²) in [7, 11) is 0. The minimum Gasteiger partial charge on any atom is -0.507 e. The molecule has 6 nitrogen and oxygen atoms in total. The van der Waals surface area contributed by atoms with Crippen molar-refractivity contribution in [1.29, 1.82) is 0 Å². The lowest BCUT2D eigenvalue weighted by Gasteiger charge is -2.11. The van der Waals surface area contributed by atoms with Crippen LogP contribution in [0.5, 0.6) is 5.75 Å². The fourth-order valence-corrected chi connectivity index (χ4v) is 2.68. The lowest BCUT2D eigenvalue weighted by molar-refractivity contribution is 0.0857.